The minimum atomic E-state index is -4.67. The number of nitrogens with one attached hydrogen (secondary N) is 1. The Kier molecular flexibility index (Phi) is 6.45. The van der Waals surface area contributed by atoms with Crippen LogP contribution in [0, 0.1) is 6.92 Å². The van der Waals surface area contributed by atoms with Crippen LogP contribution in [0.3, 0.4) is 0 Å². The molecule has 10 heteroatoms. The van der Waals surface area contributed by atoms with Crippen molar-refractivity contribution in [1.29, 1.82) is 0 Å². The maximum Gasteiger partial charge on any atom is 0.442 e. The van der Waals surface area contributed by atoms with E-state index in [-0.39, 0.29) is 17.0 Å². The van der Waals surface area contributed by atoms with E-state index >= 15 is 0 Å². The molecule has 1 aliphatic carbocycles. The molecule has 1 N–H and O–H groups in total. The summed E-state index contributed by atoms with van der Waals surface area (Å²) in [6, 6.07) is 11.6. The third kappa shape index (κ3) is 4.82. The molecule has 1 aromatic heterocycles. The van der Waals surface area contributed by atoms with Gasteiger partial charge in [-0.25, -0.2) is 9.97 Å². The topological polar surface area (TPSA) is 82.8 Å². The van der Waals surface area contributed by atoms with E-state index in [1.54, 1.807) is 0 Å². The Balaban J connectivity index is 1.29. The quantitative estimate of drug-likeness (QED) is 0.220. The molecule has 0 spiro atoms. The van der Waals surface area contributed by atoms with Gasteiger partial charge in [-0.05, 0) is 63.0 Å². The fraction of sp³-hybridized carbons (Fsp3) is 0.414. The lowest BCUT2D eigenvalue weighted by Crippen LogP contribution is -2.31. The SMILES string of the molecule is Cc1ccc2c(c1)Cc1nc(C(=O)c3cccc(C4(C(F)(F)F)N=N4)c3)nc(NCCCN3CCCCC3)c1-2. The normalized spacial score (nSPS) is 17.5. The summed E-state index contributed by atoms with van der Waals surface area (Å²) < 4.78 is 40.7. The zero-order valence-corrected chi connectivity index (χ0v) is 21.7. The van der Waals surface area contributed by atoms with E-state index in [0.29, 0.717) is 18.8 Å². The van der Waals surface area contributed by atoms with Gasteiger partial charge in [-0.15, -0.1) is 10.2 Å². The minimum absolute atomic E-state index is 0.0420. The summed E-state index contributed by atoms with van der Waals surface area (Å²) in [6.07, 6.45) is 0.586. The smallest absolute Gasteiger partial charge is 0.369 e. The maximum atomic E-state index is 13.6. The number of alkyl halides is 3. The molecule has 3 aromatic rings. The molecule has 6 rings (SSSR count). The summed E-state index contributed by atoms with van der Waals surface area (Å²) in [5.41, 5.74) is 2.20. The summed E-state index contributed by atoms with van der Waals surface area (Å²) in [5, 5.41) is 9.96. The molecule has 202 valence electrons. The predicted octanol–water partition coefficient (Wildman–Crippen LogP) is 6.06. The fourth-order valence-corrected chi connectivity index (χ4v) is 5.58. The number of aromatic nitrogens is 2. The van der Waals surface area contributed by atoms with Gasteiger partial charge in [0.2, 0.25) is 11.6 Å². The largest absolute Gasteiger partial charge is 0.442 e. The number of likely N-dealkylation sites (tertiary alicyclic amines) is 1. The number of rotatable bonds is 8. The summed E-state index contributed by atoms with van der Waals surface area (Å²) in [6.45, 7) is 5.96. The van der Waals surface area contributed by atoms with Gasteiger partial charge in [0.05, 0.1) is 5.69 Å². The number of piperidine rings is 1. The van der Waals surface area contributed by atoms with Crippen LogP contribution in [0.25, 0.3) is 11.1 Å². The number of nitrogens with zero attached hydrogens (tertiary/aromatic N) is 5. The van der Waals surface area contributed by atoms with E-state index in [2.05, 4.69) is 42.5 Å². The first-order valence-corrected chi connectivity index (χ1v) is 13.4. The molecule has 0 amide bonds. The third-order valence-electron chi connectivity index (χ3n) is 7.69. The molecule has 2 aromatic carbocycles. The van der Waals surface area contributed by atoms with E-state index in [0.717, 1.165) is 54.0 Å². The Morgan fingerprint density at radius 2 is 1.85 bits per heavy atom. The average molecular weight is 535 g/mol. The zero-order valence-electron chi connectivity index (χ0n) is 21.7. The number of carbonyl (C=O) groups is 1. The lowest BCUT2D eigenvalue weighted by Gasteiger charge is -2.26. The number of hydrogen-bond acceptors (Lipinski definition) is 7. The number of fused-ring (bicyclic) bond motifs is 3. The molecule has 0 saturated carbocycles. The van der Waals surface area contributed by atoms with E-state index in [1.165, 1.54) is 43.5 Å². The maximum absolute atomic E-state index is 13.6. The van der Waals surface area contributed by atoms with Gasteiger partial charge in [0, 0.05) is 29.7 Å². The first-order chi connectivity index (χ1) is 18.7. The molecule has 39 heavy (non-hydrogen) atoms. The predicted molar refractivity (Wildman–Crippen MR) is 141 cm³/mol. The van der Waals surface area contributed by atoms with Crippen molar-refractivity contribution in [2.75, 3.05) is 31.5 Å². The van der Waals surface area contributed by atoms with E-state index in [9.17, 15) is 18.0 Å². The monoisotopic (exact) mass is 534 g/mol. The standard InChI is InChI=1S/C29H29F3N6O/c1-18-9-10-22-20(15-18)17-23-24(22)26(33-11-6-14-38-12-3-2-4-13-38)35-27(34-23)25(39)19-7-5-8-21(16-19)28(36-37-28)29(30,31)32/h5,7-10,15-16H,2-4,6,11-14,17H2,1H3,(H,33,34,35). The van der Waals surface area contributed by atoms with Gasteiger partial charge in [-0.3, -0.25) is 4.79 Å². The number of halogens is 3. The molecule has 0 atom stereocenters. The van der Waals surface area contributed by atoms with Gasteiger partial charge >= 0.3 is 11.8 Å². The van der Waals surface area contributed by atoms with Crippen molar-refractivity contribution < 1.29 is 18.0 Å². The molecule has 2 aliphatic heterocycles. The number of anilines is 1. The van der Waals surface area contributed by atoms with Crippen LogP contribution in [-0.2, 0) is 12.1 Å². The Morgan fingerprint density at radius 3 is 2.59 bits per heavy atom. The molecule has 3 aliphatic rings. The Labute approximate surface area is 224 Å². The molecule has 0 radical (unpaired) electrons. The molecular formula is C29H29F3N6O. The second-order valence-electron chi connectivity index (χ2n) is 10.5. The molecule has 0 unspecified atom stereocenters. The molecule has 0 bridgehead atoms. The van der Waals surface area contributed by atoms with Crippen molar-refractivity contribution in [3.63, 3.8) is 0 Å². The van der Waals surface area contributed by atoms with Crippen LogP contribution in [0.5, 0.6) is 0 Å². The van der Waals surface area contributed by atoms with Crippen LogP contribution in [-0.4, -0.2) is 53.0 Å². The highest BCUT2D eigenvalue weighted by Crippen LogP contribution is 2.52. The lowest BCUT2D eigenvalue weighted by molar-refractivity contribution is -0.166. The highest BCUT2D eigenvalue weighted by atomic mass is 19.4. The molecule has 1 fully saturated rings. The van der Waals surface area contributed by atoms with E-state index in [4.69, 9.17) is 0 Å². The summed E-state index contributed by atoms with van der Waals surface area (Å²) >= 11 is 0. The van der Waals surface area contributed by atoms with Crippen molar-refractivity contribution in [2.45, 2.75) is 50.9 Å². The van der Waals surface area contributed by atoms with E-state index < -0.39 is 17.6 Å². The second kappa shape index (κ2) is 9.82. The minimum Gasteiger partial charge on any atom is -0.369 e. The van der Waals surface area contributed by atoms with Crippen molar-refractivity contribution in [1.82, 2.24) is 14.9 Å². The van der Waals surface area contributed by atoms with Crippen LogP contribution >= 0.6 is 0 Å². The number of ketones is 1. The van der Waals surface area contributed by atoms with Crippen LogP contribution in [0.15, 0.2) is 52.7 Å². The summed E-state index contributed by atoms with van der Waals surface area (Å²) in [7, 11) is 0. The first kappa shape index (κ1) is 25.6. The average Bonchev–Trinajstić information content (AvgIpc) is 3.68. The van der Waals surface area contributed by atoms with Crippen molar-refractivity contribution >= 4 is 11.6 Å². The zero-order chi connectivity index (χ0) is 27.2. The van der Waals surface area contributed by atoms with Gasteiger partial charge in [-0.2, -0.15) is 13.2 Å². The first-order valence-electron chi connectivity index (χ1n) is 13.4. The Morgan fingerprint density at radius 1 is 1.05 bits per heavy atom. The highest BCUT2D eigenvalue weighted by Gasteiger charge is 2.65. The van der Waals surface area contributed by atoms with Crippen LogP contribution in [0.1, 0.15) is 64.2 Å². The lowest BCUT2D eigenvalue weighted by atomic mass is 9.98. The fourth-order valence-electron chi connectivity index (χ4n) is 5.58. The van der Waals surface area contributed by atoms with Crippen LogP contribution < -0.4 is 5.32 Å². The van der Waals surface area contributed by atoms with E-state index in [1.807, 2.05) is 13.0 Å². The number of aryl methyl sites for hydroxylation is 1. The molecule has 3 heterocycles. The molecular weight excluding hydrogens is 505 g/mol. The summed E-state index contributed by atoms with van der Waals surface area (Å²) in [4.78, 5) is 25.2. The molecule has 7 nitrogen and oxygen atoms in total. The number of carbonyl (C=O) groups excluding carboxylic acids is 1. The number of benzene rings is 2. The van der Waals surface area contributed by atoms with Crippen molar-refractivity contribution in [2.24, 2.45) is 10.2 Å². The second-order valence-corrected chi connectivity index (χ2v) is 10.5. The third-order valence-corrected chi connectivity index (χ3v) is 7.69. The van der Waals surface area contributed by atoms with Gasteiger partial charge in [0.15, 0.2) is 0 Å². The highest BCUT2D eigenvalue weighted by molar-refractivity contribution is 6.07. The summed E-state index contributed by atoms with van der Waals surface area (Å²) in [5.74, 6) is 0.000487. The van der Waals surface area contributed by atoms with Crippen LogP contribution in [0.2, 0.25) is 0 Å². The van der Waals surface area contributed by atoms with Gasteiger partial charge in [0.25, 0.3) is 0 Å². The van der Waals surface area contributed by atoms with Gasteiger partial charge in [-0.1, -0.05) is 48.4 Å². The van der Waals surface area contributed by atoms with Crippen LogP contribution in [0.4, 0.5) is 19.0 Å². The molecule has 1 saturated heterocycles. The van der Waals surface area contributed by atoms with Gasteiger partial charge in [0.1, 0.15) is 5.82 Å². The van der Waals surface area contributed by atoms with Gasteiger partial charge < -0.3 is 10.2 Å². The Bertz CT molecular complexity index is 1460. The van der Waals surface area contributed by atoms with Crippen molar-refractivity contribution in [3.05, 3.63) is 76.2 Å². The number of hydrogen-bond donors (Lipinski definition) is 1. The van der Waals surface area contributed by atoms with Crippen molar-refractivity contribution in [3.8, 4) is 11.1 Å². The Hall–Kier alpha value is -3.66.